The van der Waals surface area contributed by atoms with Crippen LogP contribution in [0.15, 0.2) is 39.9 Å². The van der Waals surface area contributed by atoms with E-state index in [1.807, 2.05) is 6.07 Å². The fraction of sp³-hybridized carbons (Fsp3) is 0.214. The maximum absolute atomic E-state index is 11.9. The topological polar surface area (TPSA) is 103 Å². The number of hydrogen-bond donors (Lipinski definition) is 3. The normalized spacial score (nSPS) is 12.1. The number of ketones is 1. The van der Waals surface area contributed by atoms with Crippen molar-refractivity contribution in [2.75, 3.05) is 0 Å². The van der Waals surface area contributed by atoms with Crippen molar-refractivity contribution in [3.8, 4) is 5.88 Å². The lowest BCUT2D eigenvalue weighted by Crippen LogP contribution is -2.27. The van der Waals surface area contributed by atoms with E-state index in [-0.39, 0.29) is 17.8 Å². The number of carbonyl (C=O) groups excluding carboxylic acids is 1. The third-order valence-electron chi connectivity index (χ3n) is 3.00. The van der Waals surface area contributed by atoms with Gasteiger partial charge in [0.25, 0.3) is 5.56 Å². The van der Waals surface area contributed by atoms with Gasteiger partial charge < -0.3 is 5.11 Å². The highest BCUT2D eigenvalue weighted by Gasteiger charge is 2.23. The summed E-state index contributed by atoms with van der Waals surface area (Å²) in [5.74, 6) is -1.23. The molecule has 2 aromatic rings. The minimum absolute atomic E-state index is 0.00833. The van der Waals surface area contributed by atoms with E-state index in [1.165, 1.54) is 6.92 Å². The second kappa shape index (κ2) is 5.56. The van der Waals surface area contributed by atoms with Gasteiger partial charge in [0.1, 0.15) is 5.78 Å². The average Bonchev–Trinajstić information content (AvgIpc) is 2.37. The van der Waals surface area contributed by atoms with Crippen molar-refractivity contribution in [1.82, 2.24) is 9.97 Å². The Bertz CT molecular complexity index is 731. The fourth-order valence-corrected chi connectivity index (χ4v) is 2.17. The van der Waals surface area contributed by atoms with E-state index in [0.717, 1.165) is 5.56 Å². The van der Waals surface area contributed by atoms with Crippen molar-refractivity contribution in [2.45, 2.75) is 19.3 Å². The molecule has 3 N–H and O–H groups in total. The number of nitrogens with one attached hydrogen (secondary N) is 2. The smallest absolute Gasteiger partial charge is 0.328 e. The van der Waals surface area contributed by atoms with Crippen LogP contribution in [0.25, 0.3) is 0 Å². The van der Waals surface area contributed by atoms with Crippen LogP contribution >= 0.6 is 0 Å². The number of benzene rings is 1. The summed E-state index contributed by atoms with van der Waals surface area (Å²) in [6.07, 6.45) is 0.0622. The van der Waals surface area contributed by atoms with Gasteiger partial charge in [-0.25, -0.2) is 4.79 Å². The van der Waals surface area contributed by atoms with E-state index < -0.39 is 23.0 Å². The molecule has 0 spiro atoms. The Morgan fingerprint density at radius 3 is 2.40 bits per heavy atom. The first kappa shape index (κ1) is 13.8. The fourth-order valence-electron chi connectivity index (χ4n) is 2.17. The molecule has 0 radical (unpaired) electrons. The SMILES string of the molecule is CC(=O)CC(c1ccccc1)c1c(O)[nH]c(=O)[nH]c1=O. The molecule has 0 bridgehead atoms. The summed E-state index contributed by atoms with van der Waals surface area (Å²) in [6.45, 7) is 1.41. The monoisotopic (exact) mass is 274 g/mol. The summed E-state index contributed by atoms with van der Waals surface area (Å²) < 4.78 is 0. The van der Waals surface area contributed by atoms with Crippen molar-refractivity contribution >= 4 is 5.78 Å². The zero-order valence-electron chi connectivity index (χ0n) is 10.8. The zero-order valence-corrected chi connectivity index (χ0v) is 10.8. The summed E-state index contributed by atoms with van der Waals surface area (Å²) in [7, 11) is 0. The Morgan fingerprint density at radius 1 is 1.20 bits per heavy atom. The van der Waals surface area contributed by atoms with E-state index >= 15 is 0 Å². The van der Waals surface area contributed by atoms with Crippen LogP contribution in [0.2, 0.25) is 0 Å². The van der Waals surface area contributed by atoms with Gasteiger partial charge in [-0.2, -0.15) is 0 Å². The minimum atomic E-state index is -0.786. The Hall–Kier alpha value is -2.63. The maximum Gasteiger partial charge on any atom is 0.328 e. The molecule has 1 aromatic heterocycles. The van der Waals surface area contributed by atoms with Crippen LogP contribution in [0.1, 0.15) is 30.4 Å². The molecule has 20 heavy (non-hydrogen) atoms. The lowest BCUT2D eigenvalue weighted by atomic mass is 9.88. The van der Waals surface area contributed by atoms with Crippen molar-refractivity contribution < 1.29 is 9.90 Å². The van der Waals surface area contributed by atoms with Gasteiger partial charge in [-0.3, -0.25) is 19.6 Å². The highest BCUT2D eigenvalue weighted by Crippen LogP contribution is 2.29. The molecule has 1 unspecified atom stereocenters. The Kier molecular flexibility index (Phi) is 3.84. The Balaban J connectivity index is 2.61. The highest BCUT2D eigenvalue weighted by molar-refractivity contribution is 5.77. The van der Waals surface area contributed by atoms with Crippen LogP contribution in [0, 0.1) is 0 Å². The molecular formula is C14H14N2O4. The molecule has 2 rings (SSSR count). The van der Waals surface area contributed by atoms with Crippen molar-refractivity contribution in [3.05, 3.63) is 62.3 Å². The van der Waals surface area contributed by atoms with Crippen LogP contribution in [0.5, 0.6) is 5.88 Å². The number of Topliss-reactive ketones (excluding diaryl/α,β-unsaturated/α-hetero) is 1. The van der Waals surface area contributed by atoms with Gasteiger partial charge in [-0.15, -0.1) is 0 Å². The van der Waals surface area contributed by atoms with E-state index in [0.29, 0.717) is 0 Å². The molecule has 0 aliphatic heterocycles. The molecule has 0 saturated heterocycles. The molecule has 0 aliphatic carbocycles. The van der Waals surface area contributed by atoms with Gasteiger partial charge in [-0.1, -0.05) is 30.3 Å². The molecule has 0 amide bonds. The molecule has 6 heteroatoms. The van der Waals surface area contributed by atoms with E-state index in [9.17, 15) is 19.5 Å². The summed E-state index contributed by atoms with van der Waals surface area (Å²) >= 11 is 0. The molecule has 1 heterocycles. The van der Waals surface area contributed by atoms with Crippen molar-refractivity contribution in [2.24, 2.45) is 0 Å². The van der Waals surface area contributed by atoms with Gasteiger partial charge in [0.15, 0.2) is 0 Å². The third kappa shape index (κ3) is 2.85. The van der Waals surface area contributed by atoms with Gasteiger partial charge in [0.2, 0.25) is 5.88 Å². The largest absolute Gasteiger partial charge is 0.494 e. The van der Waals surface area contributed by atoms with Gasteiger partial charge in [-0.05, 0) is 12.5 Å². The molecule has 1 atom stereocenters. The molecule has 6 nitrogen and oxygen atoms in total. The quantitative estimate of drug-likeness (QED) is 0.770. The van der Waals surface area contributed by atoms with Crippen molar-refractivity contribution in [3.63, 3.8) is 0 Å². The first-order valence-electron chi connectivity index (χ1n) is 6.09. The highest BCUT2D eigenvalue weighted by atomic mass is 16.3. The van der Waals surface area contributed by atoms with Gasteiger partial charge >= 0.3 is 5.69 Å². The van der Waals surface area contributed by atoms with Crippen LogP contribution in [-0.2, 0) is 4.79 Å². The Morgan fingerprint density at radius 2 is 1.85 bits per heavy atom. The molecule has 0 aliphatic rings. The number of H-pyrrole nitrogens is 2. The van der Waals surface area contributed by atoms with E-state index in [4.69, 9.17) is 0 Å². The summed E-state index contributed by atoms with van der Waals surface area (Å²) in [5, 5.41) is 9.83. The molecule has 0 fully saturated rings. The van der Waals surface area contributed by atoms with Crippen molar-refractivity contribution in [1.29, 1.82) is 0 Å². The summed E-state index contributed by atoms with van der Waals surface area (Å²) in [6, 6.07) is 8.89. The second-order valence-corrected chi connectivity index (χ2v) is 4.54. The number of carbonyl (C=O) groups is 1. The van der Waals surface area contributed by atoms with Gasteiger partial charge in [0, 0.05) is 12.3 Å². The average molecular weight is 274 g/mol. The van der Waals surface area contributed by atoms with Crippen LogP contribution < -0.4 is 11.2 Å². The van der Waals surface area contributed by atoms with E-state index in [1.54, 1.807) is 24.3 Å². The number of aromatic amines is 2. The first-order valence-corrected chi connectivity index (χ1v) is 6.09. The van der Waals surface area contributed by atoms with E-state index in [2.05, 4.69) is 9.97 Å². The van der Waals surface area contributed by atoms with Crippen LogP contribution in [0.3, 0.4) is 0 Å². The standard InChI is InChI=1S/C14H14N2O4/c1-8(17)7-10(9-5-3-2-4-6-9)11-12(18)15-14(20)16-13(11)19/h2-6,10H,7H2,1H3,(H3,15,16,18,19,20). The lowest BCUT2D eigenvalue weighted by molar-refractivity contribution is -0.117. The summed E-state index contributed by atoms with van der Waals surface area (Å²) in [4.78, 5) is 38.6. The number of hydrogen-bond acceptors (Lipinski definition) is 4. The molecule has 1 aromatic carbocycles. The minimum Gasteiger partial charge on any atom is -0.494 e. The predicted molar refractivity (Wildman–Crippen MR) is 72.9 cm³/mol. The molecular weight excluding hydrogens is 260 g/mol. The van der Waals surface area contributed by atoms with Crippen LogP contribution in [0.4, 0.5) is 0 Å². The third-order valence-corrected chi connectivity index (χ3v) is 3.00. The second-order valence-electron chi connectivity index (χ2n) is 4.54. The number of aromatic hydroxyl groups is 1. The molecule has 104 valence electrons. The number of aromatic nitrogens is 2. The Labute approximate surface area is 114 Å². The lowest BCUT2D eigenvalue weighted by Gasteiger charge is -2.16. The molecule has 0 saturated carbocycles. The van der Waals surface area contributed by atoms with Gasteiger partial charge in [0.05, 0.1) is 5.56 Å². The van der Waals surface area contributed by atoms with Crippen LogP contribution in [-0.4, -0.2) is 20.9 Å². The first-order chi connectivity index (χ1) is 9.49. The number of rotatable bonds is 4. The zero-order chi connectivity index (χ0) is 14.7. The predicted octanol–water partition coefficient (Wildman–Crippen LogP) is 0.880. The summed E-state index contributed by atoms with van der Waals surface area (Å²) in [5.41, 5.74) is -0.770. The maximum atomic E-state index is 11.9.